The number of hydrogen-bond donors (Lipinski definition) is 3. The lowest BCUT2D eigenvalue weighted by molar-refractivity contribution is -0.117. The molecular formula is C19H20FN3O2. The largest absolute Gasteiger partial charge is 0.374 e. The number of anilines is 3. The Balaban J connectivity index is 1.63. The predicted molar refractivity (Wildman–Crippen MR) is 95.9 cm³/mol. The summed E-state index contributed by atoms with van der Waals surface area (Å²) < 4.78 is 13.9. The smallest absolute Gasteiger partial charge is 0.246 e. The molecule has 130 valence electrons. The number of hydrogen-bond acceptors (Lipinski definition) is 3. The Morgan fingerprint density at radius 2 is 1.76 bits per heavy atom. The van der Waals surface area contributed by atoms with E-state index in [0.29, 0.717) is 11.4 Å². The van der Waals surface area contributed by atoms with Crippen LogP contribution in [0.5, 0.6) is 0 Å². The Morgan fingerprint density at radius 1 is 1.04 bits per heavy atom. The molecule has 2 aromatic carbocycles. The van der Waals surface area contributed by atoms with Gasteiger partial charge in [0.2, 0.25) is 11.8 Å². The molecule has 3 N–H and O–H groups in total. The first-order chi connectivity index (χ1) is 12.0. The zero-order chi connectivity index (χ0) is 17.8. The van der Waals surface area contributed by atoms with Crippen molar-refractivity contribution in [3.63, 3.8) is 0 Å². The molecule has 1 aliphatic carbocycles. The molecule has 1 atom stereocenters. The Bertz CT molecular complexity index is 775. The minimum Gasteiger partial charge on any atom is -0.374 e. The average molecular weight is 341 g/mol. The van der Waals surface area contributed by atoms with E-state index in [4.69, 9.17) is 0 Å². The number of carbonyl (C=O) groups excluding carboxylic acids is 2. The van der Waals surface area contributed by atoms with Crippen molar-refractivity contribution in [3.8, 4) is 0 Å². The van der Waals surface area contributed by atoms with E-state index in [1.807, 2.05) is 18.2 Å². The lowest BCUT2D eigenvalue weighted by Gasteiger charge is -2.16. The third-order valence-corrected chi connectivity index (χ3v) is 3.99. The molecule has 5 nitrogen and oxygen atoms in total. The Kier molecular flexibility index (Phi) is 4.97. The van der Waals surface area contributed by atoms with Gasteiger partial charge in [-0.2, -0.15) is 0 Å². The molecular weight excluding hydrogens is 321 g/mol. The minimum atomic E-state index is -0.530. The van der Waals surface area contributed by atoms with Crippen LogP contribution in [0.15, 0.2) is 48.5 Å². The van der Waals surface area contributed by atoms with E-state index in [2.05, 4.69) is 16.0 Å². The van der Waals surface area contributed by atoms with Crippen LogP contribution in [-0.4, -0.2) is 17.9 Å². The molecule has 1 saturated carbocycles. The normalized spacial score (nSPS) is 14.5. The maximum Gasteiger partial charge on any atom is 0.246 e. The molecule has 0 bridgehead atoms. The Morgan fingerprint density at radius 3 is 2.44 bits per heavy atom. The van der Waals surface area contributed by atoms with Gasteiger partial charge in [-0.05, 0) is 50.1 Å². The zero-order valence-electron chi connectivity index (χ0n) is 13.9. The lowest BCUT2D eigenvalue weighted by Crippen LogP contribution is -2.31. The number of para-hydroxylation sites is 1. The van der Waals surface area contributed by atoms with Crippen LogP contribution >= 0.6 is 0 Å². The first kappa shape index (κ1) is 17.0. The molecule has 0 heterocycles. The van der Waals surface area contributed by atoms with Gasteiger partial charge in [-0.3, -0.25) is 9.59 Å². The quantitative estimate of drug-likeness (QED) is 0.752. The van der Waals surface area contributed by atoms with Crippen LogP contribution in [0.25, 0.3) is 0 Å². The average Bonchev–Trinajstić information content (AvgIpc) is 3.44. The maximum absolute atomic E-state index is 13.9. The minimum absolute atomic E-state index is 0.00779. The van der Waals surface area contributed by atoms with E-state index in [1.54, 1.807) is 19.1 Å². The van der Waals surface area contributed by atoms with Gasteiger partial charge in [-0.15, -0.1) is 0 Å². The molecule has 2 aromatic rings. The van der Waals surface area contributed by atoms with Crippen molar-refractivity contribution in [2.45, 2.75) is 25.8 Å². The molecule has 0 aliphatic heterocycles. The van der Waals surface area contributed by atoms with E-state index in [9.17, 15) is 14.0 Å². The summed E-state index contributed by atoms with van der Waals surface area (Å²) in [6.45, 7) is 1.71. The van der Waals surface area contributed by atoms with Gasteiger partial charge in [0.05, 0.1) is 5.69 Å². The topological polar surface area (TPSA) is 70.2 Å². The molecule has 0 aromatic heterocycles. The van der Waals surface area contributed by atoms with Crippen molar-refractivity contribution in [2.24, 2.45) is 5.92 Å². The summed E-state index contributed by atoms with van der Waals surface area (Å²) in [5, 5.41) is 8.42. The highest BCUT2D eigenvalue weighted by molar-refractivity contribution is 5.97. The molecule has 0 saturated heterocycles. The summed E-state index contributed by atoms with van der Waals surface area (Å²) in [5.74, 6) is -0.877. The molecule has 0 unspecified atom stereocenters. The molecule has 1 fully saturated rings. The predicted octanol–water partition coefficient (Wildman–Crippen LogP) is 3.61. The highest BCUT2D eigenvalue weighted by Gasteiger charge is 2.30. The van der Waals surface area contributed by atoms with Crippen molar-refractivity contribution >= 4 is 28.9 Å². The summed E-state index contributed by atoms with van der Waals surface area (Å²) >= 11 is 0. The molecule has 0 radical (unpaired) electrons. The van der Waals surface area contributed by atoms with Crippen molar-refractivity contribution in [1.82, 2.24) is 0 Å². The van der Waals surface area contributed by atoms with Gasteiger partial charge >= 0.3 is 0 Å². The highest BCUT2D eigenvalue weighted by Crippen LogP contribution is 2.31. The molecule has 3 rings (SSSR count). The van der Waals surface area contributed by atoms with Crippen molar-refractivity contribution in [1.29, 1.82) is 0 Å². The fraction of sp³-hybridized carbons (Fsp3) is 0.263. The summed E-state index contributed by atoms with van der Waals surface area (Å²) in [4.78, 5) is 24.0. The molecule has 2 amide bonds. The molecule has 6 heteroatoms. The Labute approximate surface area is 145 Å². The Hall–Kier alpha value is -2.89. The lowest BCUT2D eigenvalue weighted by atomic mass is 10.2. The zero-order valence-corrected chi connectivity index (χ0v) is 13.9. The van der Waals surface area contributed by atoms with Crippen LogP contribution < -0.4 is 16.0 Å². The third-order valence-electron chi connectivity index (χ3n) is 3.99. The summed E-state index contributed by atoms with van der Waals surface area (Å²) in [7, 11) is 0. The van der Waals surface area contributed by atoms with Crippen LogP contribution in [0.2, 0.25) is 0 Å². The summed E-state index contributed by atoms with van der Waals surface area (Å²) in [5.41, 5.74) is 1.39. The fourth-order valence-electron chi connectivity index (χ4n) is 2.38. The SMILES string of the molecule is C[C@@H](Nc1ccc(F)c(NC(=O)C2CC2)c1)C(=O)Nc1ccccc1. The van der Waals surface area contributed by atoms with Gasteiger partial charge < -0.3 is 16.0 Å². The second-order valence-electron chi connectivity index (χ2n) is 6.18. The number of amides is 2. The standard InChI is InChI=1S/C19H20FN3O2/c1-12(18(24)22-14-5-3-2-4-6-14)21-15-9-10-16(20)17(11-15)23-19(25)13-7-8-13/h2-6,9-13,21H,7-8H2,1H3,(H,22,24)(H,23,25)/t12-/m1/s1. The van der Waals surface area contributed by atoms with Crippen LogP contribution in [0.1, 0.15) is 19.8 Å². The third kappa shape index (κ3) is 4.56. The van der Waals surface area contributed by atoms with E-state index in [-0.39, 0.29) is 23.4 Å². The number of carbonyl (C=O) groups is 2. The van der Waals surface area contributed by atoms with E-state index >= 15 is 0 Å². The fourth-order valence-corrected chi connectivity index (χ4v) is 2.38. The van der Waals surface area contributed by atoms with Gasteiger partial charge in [0.15, 0.2) is 0 Å². The molecule has 0 spiro atoms. The second kappa shape index (κ2) is 7.34. The van der Waals surface area contributed by atoms with Gasteiger partial charge in [0, 0.05) is 17.3 Å². The van der Waals surface area contributed by atoms with Crippen molar-refractivity contribution in [2.75, 3.05) is 16.0 Å². The van der Waals surface area contributed by atoms with Gasteiger partial charge in [-0.1, -0.05) is 18.2 Å². The first-order valence-corrected chi connectivity index (χ1v) is 8.26. The summed E-state index contributed by atoms with van der Waals surface area (Å²) in [6.07, 6.45) is 1.70. The molecule has 25 heavy (non-hydrogen) atoms. The monoisotopic (exact) mass is 341 g/mol. The summed E-state index contributed by atoms with van der Waals surface area (Å²) in [6, 6.07) is 12.9. The second-order valence-corrected chi connectivity index (χ2v) is 6.18. The van der Waals surface area contributed by atoms with Gasteiger partial charge in [0.25, 0.3) is 0 Å². The van der Waals surface area contributed by atoms with E-state index < -0.39 is 11.9 Å². The highest BCUT2D eigenvalue weighted by atomic mass is 19.1. The van der Waals surface area contributed by atoms with E-state index in [1.165, 1.54) is 18.2 Å². The van der Waals surface area contributed by atoms with Gasteiger partial charge in [-0.25, -0.2) is 4.39 Å². The van der Waals surface area contributed by atoms with Crippen LogP contribution in [0, 0.1) is 11.7 Å². The van der Waals surface area contributed by atoms with Crippen molar-refractivity contribution in [3.05, 3.63) is 54.3 Å². The maximum atomic E-state index is 13.9. The number of rotatable bonds is 6. The first-order valence-electron chi connectivity index (χ1n) is 8.26. The van der Waals surface area contributed by atoms with Crippen LogP contribution in [-0.2, 0) is 9.59 Å². The van der Waals surface area contributed by atoms with E-state index in [0.717, 1.165) is 12.8 Å². The number of nitrogens with one attached hydrogen (secondary N) is 3. The van der Waals surface area contributed by atoms with Crippen LogP contribution in [0.3, 0.4) is 0 Å². The number of halogens is 1. The van der Waals surface area contributed by atoms with Crippen molar-refractivity contribution < 1.29 is 14.0 Å². The van der Waals surface area contributed by atoms with Gasteiger partial charge in [0.1, 0.15) is 11.9 Å². The number of benzene rings is 2. The van der Waals surface area contributed by atoms with Crippen LogP contribution in [0.4, 0.5) is 21.5 Å². The molecule has 1 aliphatic rings.